The first-order chi connectivity index (χ1) is 7.65. The summed E-state index contributed by atoms with van der Waals surface area (Å²) in [5, 5.41) is 0. The Morgan fingerprint density at radius 2 is 2.00 bits per heavy atom. The van der Waals surface area contributed by atoms with Gasteiger partial charge >= 0.3 is 0 Å². The molecule has 0 saturated carbocycles. The van der Waals surface area contributed by atoms with E-state index in [0.717, 1.165) is 0 Å². The maximum atomic E-state index is 5.30. The topological polar surface area (TPSA) is 30.5 Å². The fraction of sp³-hybridized carbons (Fsp3) is 0.538. The number of methoxy groups -OCH3 is 1. The first kappa shape index (κ1) is 13.2. The van der Waals surface area contributed by atoms with Gasteiger partial charge in [0.1, 0.15) is 0 Å². The molecule has 3 heteroatoms. The van der Waals surface area contributed by atoms with Crippen LogP contribution in [0.1, 0.15) is 29.7 Å². The molecule has 90 valence electrons. The number of nitrogens with one attached hydrogen (secondary N) is 1. The Hall–Kier alpha value is -0.900. The van der Waals surface area contributed by atoms with E-state index in [9.17, 15) is 0 Å². The maximum absolute atomic E-state index is 5.30. The van der Waals surface area contributed by atoms with Gasteiger partial charge in [-0.25, -0.2) is 0 Å². The summed E-state index contributed by atoms with van der Waals surface area (Å²) in [5.41, 5.74) is 6.85. The van der Waals surface area contributed by atoms with Crippen LogP contribution in [0.5, 0.6) is 0 Å². The van der Waals surface area contributed by atoms with E-state index in [1.807, 2.05) is 0 Å². The highest BCUT2D eigenvalue weighted by molar-refractivity contribution is 5.32. The van der Waals surface area contributed by atoms with Crippen LogP contribution in [0, 0.1) is 13.8 Å². The molecule has 0 bridgehead atoms. The first-order valence-electron chi connectivity index (χ1n) is 5.58. The van der Waals surface area contributed by atoms with Gasteiger partial charge in [-0.3, -0.25) is 4.84 Å². The van der Waals surface area contributed by atoms with Crippen molar-refractivity contribution in [3.8, 4) is 0 Å². The lowest BCUT2D eigenvalue weighted by molar-refractivity contribution is -0.00934. The Morgan fingerprint density at radius 3 is 2.62 bits per heavy atom. The lowest BCUT2D eigenvalue weighted by Gasteiger charge is -2.16. The molecular weight excluding hydrogens is 202 g/mol. The van der Waals surface area contributed by atoms with Gasteiger partial charge in [0.05, 0.1) is 19.3 Å². The fourth-order valence-electron chi connectivity index (χ4n) is 1.68. The Labute approximate surface area is 97.7 Å². The molecule has 0 radical (unpaired) electrons. The van der Waals surface area contributed by atoms with Crippen LogP contribution in [0.15, 0.2) is 18.2 Å². The minimum Gasteiger partial charge on any atom is -0.382 e. The quantitative estimate of drug-likeness (QED) is 0.594. The second-order valence-corrected chi connectivity index (χ2v) is 4.04. The highest BCUT2D eigenvalue weighted by atomic mass is 16.7. The minimum absolute atomic E-state index is 0.192. The molecule has 0 aromatic heterocycles. The van der Waals surface area contributed by atoms with Gasteiger partial charge in [0.15, 0.2) is 0 Å². The van der Waals surface area contributed by atoms with Crippen molar-refractivity contribution in [1.82, 2.24) is 5.48 Å². The Balaban J connectivity index is 2.49. The second-order valence-electron chi connectivity index (χ2n) is 4.04. The van der Waals surface area contributed by atoms with E-state index in [1.165, 1.54) is 16.7 Å². The van der Waals surface area contributed by atoms with Crippen LogP contribution in [0.4, 0.5) is 0 Å². The molecule has 3 nitrogen and oxygen atoms in total. The van der Waals surface area contributed by atoms with Gasteiger partial charge in [-0.1, -0.05) is 23.8 Å². The third-order valence-electron chi connectivity index (χ3n) is 2.54. The largest absolute Gasteiger partial charge is 0.382 e. The Bertz CT molecular complexity index is 326. The normalized spacial score (nSPS) is 12.8. The lowest BCUT2D eigenvalue weighted by atomic mass is 10.0. The summed E-state index contributed by atoms with van der Waals surface area (Å²) in [7, 11) is 1.66. The molecule has 0 amide bonds. The van der Waals surface area contributed by atoms with Gasteiger partial charge in [0.2, 0.25) is 0 Å². The average Bonchev–Trinajstić information content (AvgIpc) is 2.24. The van der Waals surface area contributed by atoms with Gasteiger partial charge < -0.3 is 4.74 Å². The van der Waals surface area contributed by atoms with E-state index < -0.39 is 0 Å². The monoisotopic (exact) mass is 223 g/mol. The summed E-state index contributed by atoms with van der Waals surface area (Å²) in [6.07, 6.45) is 0. The summed E-state index contributed by atoms with van der Waals surface area (Å²) < 4.78 is 4.90. The fourth-order valence-corrected chi connectivity index (χ4v) is 1.68. The van der Waals surface area contributed by atoms with Crippen LogP contribution in [0.25, 0.3) is 0 Å². The van der Waals surface area contributed by atoms with E-state index in [-0.39, 0.29) is 6.04 Å². The molecule has 16 heavy (non-hydrogen) atoms. The van der Waals surface area contributed by atoms with Crippen LogP contribution in [0.3, 0.4) is 0 Å². The van der Waals surface area contributed by atoms with Gasteiger partial charge in [-0.2, -0.15) is 5.48 Å². The molecular formula is C13H21NO2. The van der Waals surface area contributed by atoms with Crippen molar-refractivity contribution in [3.63, 3.8) is 0 Å². The molecule has 1 N–H and O–H groups in total. The van der Waals surface area contributed by atoms with Crippen molar-refractivity contribution in [3.05, 3.63) is 34.9 Å². The standard InChI is InChI=1S/C13H21NO2/c1-10-5-6-13(11(2)9-10)12(3)14-16-8-7-15-4/h5-6,9,12,14H,7-8H2,1-4H3. The number of aryl methyl sites for hydroxylation is 2. The molecule has 0 aliphatic heterocycles. The average molecular weight is 223 g/mol. The number of rotatable bonds is 6. The molecule has 0 saturated heterocycles. The van der Waals surface area contributed by atoms with Gasteiger partial charge in [-0.15, -0.1) is 0 Å². The summed E-state index contributed by atoms with van der Waals surface area (Å²) in [6.45, 7) is 7.47. The molecule has 0 spiro atoms. The van der Waals surface area contributed by atoms with Gasteiger partial charge in [-0.05, 0) is 31.9 Å². The molecule has 0 aliphatic rings. The summed E-state index contributed by atoms with van der Waals surface area (Å²) in [5.74, 6) is 0. The molecule has 1 unspecified atom stereocenters. The molecule has 0 heterocycles. The molecule has 0 fully saturated rings. The van der Waals surface area contributed by atoms with E-state index in [0.29, 0.717) is 13.2 Å². The van der Waals surface area contributed by atoms with Crippen molar-refractivity contribution in [1.29, 1.82) is 0 Å². The van der Waals surface area contributed by atoms with Crippen molar-refractivity contribution >= 4 is 0 Å². The van der Waals surface area contributed by atoms with E-state index in [4.69, 9.17) is 9.57 Å². The second kappa shape index (κ2) is 6.63. The highest BCUT2D eigenvalue weighted by Crippen LogP contribution is 2.18. The highest BCUT2D eigenvalue weighted by Gasteiger charge is 2.07. The zero-order valence-corrected chi connectivity index (χ0v) is 10.5. The van der Waals surface area contributed by atoms with Crippen LogP contribution in [0.2, 0.25) is 0 Å². The van der Waals surface area contributed by atoms with Gasteiger partial charge in [0, 0.05) is 7.11 Å². The third-order valence-corrected chi connectivity index (χ3v) is 2.54. The number of hydrogen-bond donors (Lipinski definition) is 1. The Kier molecular flexibility index (Phi) is 5.46. The maximum Gasteiger partial charge on any atom is 0.0916 e. The van der Waals surface area contributed by atoms with Crippen LogP contribution < -0.4 is 5.48 Å². The lowest BCUT2D eigenvalue weighted by Crippen LogP contribution is -2.22. The van der Waals surface area contributed by atoms with Crippen LogP contribution >= 0.6 is 0 Å². The molecule has 0 aliphatic carbocycles. The molecule has 1 aromatic carbocycles. The zero-order chi connectivity index (χ0) is 12.0. The van der Waals surface area contributed by atoms with Crippen molar-refractivity contribution < 1.29 is 9.57 Å². The van der Waals surface area contributed by atoms with E-state index in [1.54, 1.807) is 7.11 Å². The predicted octanol–water partition coefficient (Wildman–Crippen LogP) is 2.53. The summed E-state index contributed by atoms with van der Waals surface area (Å²) >= 11 is 0. The predicted molar refractivity (Wildman–Crippen MR) is 65.3 cm³/mol. The van der Waals surface area contributed by atoms with Crippen molar-refractivity contribution in [2.75, 3.05) is 20.3 Å². The summed E-state index contributed by atoms with van der Waals surface area (Å²) in [4.78, 5) is 5.30. The minimum atomic E-state index is 0.192. The molecule has 1 aromatic rings. The first-order valence-corrected chi connectivity index (χ1v) is 5.58. The number of ether oxygens (including phenoxy) is 1. The van der Waals surface area contributed by atoms with Crippen molar-refractivity contribution in [2.45, 2.75) is 26.8 Å². The van der Waals surface area contributed by atoms with Crippen molar-refractivity contribution in [2.24, 2.45) is 0 Å². The number of benzene rings is 1. The van der Waals surface area contributed by atoms with E-state index >= 15 is 0 Å². The third kappa shape index (κ3) is 3.93. The Morgan fingerprint density at radius 1 is 1.25 bits per heavy atom. The molecule has 1 atom stereocenters. The molecule has 1 rings (SSSR count). The zero-order valence-electron chi connectivity index (χ0n) is 10.5. The van der Waals surface area contributed by atoms with Crippen LogP contribution in [-0.2, 0) is 9.57 Å². The smallest absolute Gasteiger partial charge is 0.0916 e. The number of hydroxylamine groups is 1. The number of hydrogen-bond acceptors (Lipinski definition) is 3. The SMILES string of the molecule is COCCONC(C)c1ccc(C)cc1C. The van der Waals surface area contributed by atoms with Gasteiger partial charge in [0.25, 0.3) is 0 Å². The summed E-state index contributed by atoms with van der Waals surface area (Å²) in [6, 6.07) is 6.64. The van der Waals surface area contributed by atoms with Crippen LogP contribution in [-0.4, -0.2) is 20.3 Å². The van der Waals surface area contributed by atoms with E-state index in [2.05, 4.69) is 44.5 Å².